The van der Waals surface area contributed by atoms with E-state index in [4.69, 9.17) is 5.11 Å². The van der Waals surface area contributed by atoms with Gasteiger partial charge in [-0.3, -0.25) is 4.79 Å². The third-order valence-corrected chi connectivity index (χ3v) is 3.29. The van der Waals surface area contributed by atoms with Gasteiger partial charge in [0.2, 0.25) is 0 Å². The molecule has 2 aromatic rings. The molecular weight excluding hydrogens is 341 g/mol. The Morgan fingerprint density at radius 2 is 1.95 bits per heavy atom. The quantitative estimate of drug-likeness (QED) is 0.888. The molecule has 0 aliphatic heterocycles. The van der Waals surface area contributed by atoms with Crippen LogP contribution in [0.2, 0.25) is 0 Å². The lowest BCUT2D eigenvalue weighted by molar-refractivity contribution is 0.0696. The van der Waals surface area contributed by atoms with Gasteiger partial charge < -0.3 is 10.4 Å². The summed E-state index contributed by atoms with van der Waals surface area (Å²) < 4.78 is 14.2. The molecule has 21 heavy (non-hydrogen) atoms. The molecule has 2 aromatic carbocycles. The highest BCUT2D eigenvalue weighted by atomic mass is 79.9. The average molecular weight is 352 g/mol. The van der Waals surface area contributed by atoms with Gasteiger partial charge >= 0.3 is 5.97 Å². The fourth-order valence-corrected chi connectivity index (χ4v) is 2.12. The van der Waals surface area contributed by atoms with Gasteiger partial charge in [-0.1, -0.05) is 28.1 Å². The molecule has 0 aliphatic rings. The van der Waals surface area contributed by atoms with E-state index >= 15 is 0 Å². The smallest absolute Gasteiger partial charge is 0.335 e. The first kappa shape index (κ1) is 15.2. The number of hydrogen-bond acceptors (Lipinski definition) is 2. The summed E-state index contributed by atoms with van der Waals surface area (Å²) in [5.41, 5.74) is 0.688. The third-order valence-electron chi connectivity index (χ3n) is 2.80. The first-order valence-electron chi connectivity index (χ1n) is 6.03. The zero-order valence-electron chi connectivity index (χ0n) is 10.8. The second-order valence-corrected chi connectivity index (χ2v) is 5.23. The molecule has 0 aromatic heterocycles. The van der Waals surface area contributed by atoms with Crippen molar-refractivity contribution in [2.24, 2.45) is 0 Å². The van der Waals surface area contributed by atoms with Crippen LogP contribution in [0.15, 0.2) is 46.9 Å². The van der Waals surface area contributed by atoms with Crippen molar-refractivity contribution < 1.29 is 19.1 Å². The Labute approximate surface area is 128 Å². The number of carboxylic acids is 1. The molecule has 108 valence electrons. The predicted molar refractivity (Wildman–Crippen MR) is 78.7 cm³/mol. The normalized spacial score (nSPS) is 10.2. The highest BCUT2D eigenvalue weighted by molar-refractivity contribution is 9.10. The van der Waals surface area contributed by atoms with Crippen molar-refractivity contribution >= 4 is 27.8 Å². The number of benzene rings is 2. The van der Waals surface area contributed by atoms with Crippen molar-refractivity contribution in [1.29, 1.82) is 0 Å². The second kappa shape index (κ2) is 6.49. The Morgan fingerprint density at radius 3 is 2.67 bits per heavy atom. The average Bonchev–Trinajstić information content (AvgIpc) is 2.47. The van der Waals surface area contributed by atoms with E-state index in [0.717, 1.165) is 0 Å². The molecular formula is C15H11BrFNO3. The molecule has 2 rings (SSSR count). The number of carbonyl (C=O) groups excluding carboxylic acids is 1. The number of carboxylic acid groups (broad SMARTS) is 1. The number of halogens is 2. The van der Waals surface area contributed by atoms with Crippen LogP contribution >= 0.6 is 15.9 Å². The molecule has 6 heteroatoms. The molecule has 0 saturated carbocycles. The summed E-state index contributed by atoms with van der Waals surface area (Å²) in [5, 5.41) is 11.4. The van der Waals surface area contributed by atoms with Crippen LogP contribution in [0.4, 0.5) is 4.39 Å². The first-order chi connectivity index (χ1) is 9.97. The van der Waals surface area contributed by atoms with E-state index in [2.05, 4.69) is 21.2 Å². The molecule has 4 nitrogen and oxygen atoms in total. The zero-order chi connectivity index (χ0) is 15.4. The molecule has 0 atom stereocenters. The fourth-order valence-electron chi connectivity index (χ4n) is 1.76. The number of amides is 1. The Balaban J connectivity index is 2.09. The van der Waals surface area contributed by atoms with Crippen LogP contribution in [0, 0.1) is 5.82 Å². The Kier molecular flexibility index (Phi) is 4.70. The van der Waals surface area contributed by atoms with Crippen molar-refractivity contribution in [3.05, 3.63) is 69.4 Å². The largest absolute Gasteiger partial charge is 0.478 e. The van der Waals surface area contributed by atoms with Crippen molar-refractivity contribution in [3.63, 3.8) is 0 Å². The van der Waals surface area contributed by atoms with Crippen LogP contribution in [0.1, 0.15) is 26.3 Å². The van der Waals surface area contributed by atoms with Crippen LogP contribution in [0.3, 0.4) is 0 Å². The molecule has 0 aliphatic carbocycles. The minimum absolute atomic E-state index is 0.0706. The van der Waals surface area contributed by atoms with Gasteiger partial charge in [0.1, 0.15) is 5.82 Å². The molecule has 0 heterocycles. The Bertz CT molecular complexity index is 703. The van der Waals surface area contributed by atoms with E-state index in [0.29, 0.717) is 10.0 Å². The van der Waals surface area contributed by atoms with E-state index < -0.39 is 17.7 Å². The summed E-state index contributed by atoms with van der Waals surface area (Å²) in [6, 6.07) is 10.3. The maximum atomic E-state index is 13.6. The first-order valence-corrected chi connectivity index (χ1v) is 6.82. The molecule has 0 saturated heterocycles. The molecule has 2 N–H and O–H groups in total. The minimum atomic E-state index is -1.04. The van der Waals surface area contributed by atoms with E-state index in [1.165, 1.54) is 30.3 Å². The summed E-state index contributed by atoms with van der Waals surface area (Å²) in [4.78, 5) is 22.8. The van der Waals surface area contributed by atoms with Crippen LogP contribution in [-0.2, 0) is 6.54 Å². The van der Waals surface area contributed by atoms with Crippen LogP contribution in [0.5, 0.6) is 0 Å². The van der Waals surface area contributed by atoms with E-state index in [9.17, 15) is 14.0 Å². The number of rotatable bonds is 4. The van der Waals surface area contributed by atoms with Gasteiger partial charge in [0, 0.05) is 11.0 Å². The Hall–Kier alpha value is -2.21. The zero-order valence-corrected chi connectivity index (χ0v) is 12.4. The van der Waals surface area contributed by atoms with E-state index in [-0.39, 0.29) is 17.7 Å². The molecule has 0 radical (unpaired) electrons. The second-order valence-electron chi connectivity index (χ2n) is 4.31. The maximum absolute atomic E-state index is 13.6. The topological polar surface area (TPSA) is 66.4 Å². The van der Waals surface area contributed by atoms with Gasteiger partial charge in [-0.2, -0.15) is 0 Å². The summed E-state index contributed by atoms with van der Waals surface area (Å²) in [6.45, 7) is 0.117. The van der Waals surface area contributed by atoms with E-state index in [1.54, 1.807) is 12.1 Å². The fraction of sp³-hybridized carbons (Fsp3) is 0.0667. The number of nitrogens with one attached hydrogen (secondary N) is 1. The highest BCUT2D eigenvalue weighted by Crippen LogP contribution is 2.15. The molecule has 0 unspecified atom stereocenters. The SMILES string of the molecule is O=C(O)c1cccc(CNC(=O)c2cc(Br)ccc2F)c1. The van der Waals surface area contributed by atoms with Crippen molar-refractivity contribution in [2.75, 3.05) is 0 Å². The van der Waals surface area contributed by atoms with Gasteiger partial charge in [-0.25, -0.2) is 9.18 Å². The summed E-state index contributed by atoms with van der Waals surface area (Å²) in [6.07, 6.45) is 0. The van der Waals surface area contributed by atoms with Crippen LogP contribution in [-0.4, -0.2) is 17.0 Å². The molecule has 0 bridgehead atoms. The minimum Gasteiger partial charge on any atom is -0.478 e. The van der Waals surface area contributed by atoms with Gasteiger partial charge in [-0.05, 0) is 35.9 Å². The Morgan fingerprint density at radius 1 is 1.19 bits per heavy atom. The third kappa shape index (κ3) is 3.88. The van der Waals surface area contributed by atoms with Gasteiger partial charge in [0.05, 0.1) is 11.1 Å². The number of carbonyl (C=O) groups is 2. The van der Waals surface area contributed by atoms with Crippen LogP contribution < -0.4 is 5.32 Å². The molecule has 0 fully saturated rings. The van der Waals surface area contributed by atoms with Crippen molar-refractivity contribution in [3.8, 4) is 0 Å². The van der Waals surface area contributed by atoms with Gasteiger partial charge in [0.25, 0.3) is 5.91 Å². The molecule has 1 amide bonds. The lowest BCUT2D eigenvalue weighted by atomic mass is 10.1. The number of aromatic carboxylic acids is 1. The summed E-state index contributed by atoms with van der Waals surface area (Å²) >= 11 is 3.17. The summed E-state index contributed by atoms with van der Waals surface area (Å²) in [5.74, 6) is -2.22. The standard InChI is InChI=1S/C15H11BrFNO3/c16-11-4-5-13(17)12(7-11)14(19)18-8-9-2-1-3-10(6-9)15(20)21/h1-7H,8H2,(H,18,19)(H,20,21). The molecule has 0 spiro atoms. The lowest BCUT2D eigenvalue weighted by Crippen LogP contribution is -2.24. The van der Waals surface area contributed by atoms with Crippen molar-refractivity contribution in [1.82, 2.24) is 5.32 Å². The lowest BCUT2D eigenvalue weighted by Gasteiger charge is -2.07. The maximum Gasteiger partial charge on any atom is 0.335 e. The van der Waals surface area contributed by atoms with Gasteiger partial charge in [-0.15, -0.1) is 0 Å². The van der Waals surface area contributed by atoms with Crippen molar-refractivity contribution in [2.45, 2.75) is 6.54 Å². The monoisotopic (exact) mass is 351 g/mol. The highest BCUT2D eigenvalue weighted by Gasteiger charge is 2.12. The van der Waals surface area contributed by atoms with Crippen LogP contribution in [0.25, 0.3) is 0 Å². The number of hydrogen-bond donors (Lipinski definition) is 2. The predicted octanol–water partition coefficient (Wildman–Crippen LogP) is 3.22. The van der Waals surface area contributed by atoms with E-state index in [1.807, 2.05) is 0 Å². The summed E-state index contributed by atoms with van der Waals surface area (Å²) in [7, 11) is 0. The van der Waals surface area contributed by atoms with Gasteiger partial charge in [0.15, 0.2) is 0 Å².